The van der Waals surface area contributed by atoms with E-state index >= 15 is 0 Å². The molecule has 144 valence electrons. The second-order valence-corrected chi connectivity index (χ2v) is 7.26. The van der Waals surface area contributed by atoms with Crippen LogP contribution in [0.3, 0.4) is 0 Å². The third-order valence-corrected chi connectivity index (χ3v) is 4.70. The van der Waals surface area contributed by atoms with Crippen LogP contribution in [0.2, 0.25) is 0 Å². The lowest BCUT2D eigenvalue weighted by atomic mass is 10.0. The van der Waals surface area contributed by atoms with Gasteiger partial charge in [0.05, 0.1) is 23.9 Å². The number of anilines is 2. The maximum Gasteiger partial charge on any atom is 0.281 e. The molecule has 1 aliphatic rings. The van der Waals surface area contributed by atoms with Crippen LogP contribution in [0.25, 0.3) is 0 Å². The van der Waals surface area contributed by atoms with Gasteiger partial charge in [0.15, 0.2) is 0 Å². The summed E-state index contributed by atoms with van der Waals surface area (Å²) in [6.07, 6.45) is -0.317. The monoisotopic (exact) mass is 439 g/mol. The van der Waals surface area contributed by atoms with Crippen LogP contribution in [-0.2, 0) is 18.3 Å². The lowest BCUT2D eigenvalue weighted by molar-refractivity contribution is -0.144. The Balaban J connectivity index is 2.03. The van der Waals surface area contributed by atoms with Crippen LogP contribution in [0.5, 0.6) is 0 Å². The summed E-state index contributed by atoms with van der Waals surface area (Å²) in [6, 6.07) is 5.86. The maximum atomic E-state index is 14.3. The van der Waals surface area contributed by atoms with Crippen molar-refractivity contribution in [2.45, 2.75) is 19.4 Å². The highest BCUT2D eigenvalue weighted by Crippen LogP contribution is 2.29. The molecule has 9 heteroatoms. The molecule has 0 saturated carbocycles. The van der Waals surface area contributed by atoms with Crippen molar-refractivity contribution in [1.29, 1.82) is 0 Å². The number of hydrogen-bond acceptors (Lipinski definition) is 5. The molecule has 1 aromatic heterocycles. The van der Waals surface area contributed by atoms with Crippen LogP contribution in [-0.4, -0.2) is 39.9 Å². The number of nitrogens with zero attached hydrogens (tertiary/aromatic N) is 2. The molecule has 1 atom stereocenters. The fourth-order valence-corrected chi connectivity index (χ4v) is 3.15. The van der Waals surface area contributed by atoms with Gasteiger partial charge in [-0.25, -0.2) is 9.45 Å². The van der Waals surface area contributed by atoms with Gasteiger partial charge in [-0.15, -0.1) is 0 Å². The molecular formula is C18H19BrFN3O4. The lowest BCUT2D eigenvalue weighted by Gasteiger charge is -2.30. The van der Waals surface area contributed by atoms with Gasteiger partial charge in [0, 0.05) is 17.6 Å². The highest BCUT2D eigenvalue weighted by atomic mass is 79.9. The van der Waals surface area contributed by atoms with E-state index in [1.807, 2.05) is 0 Å². The Kier molecular flexibility index (Phi) is 5.64. The number of pyridine rings is 1. The van der Waals surface area contributed by atoms with E-state index in [0.29, 0.717) is 16.5 Å². The molecule has 0 fully saturated rings. The number of aromatic nitrogens is 1. The van der Waals surface area contributed by atoms with Crippen LogP contribution >= 0.6 is 15.9 Å². The molecular weight excluding hydrogens is 421 g/mol. The van der Waals surface area contributed by atoms with Crippen LogP contribution < -0.4 is 10.9 Å². The van der Waals surface area contributed by atoms with E-state index in [9.17, 15) is 19.1 Å². The van der Waals surface area contributed by atoms with Crippen molar-refractivity contribution in [2.24, 2.45) is 7.05 Å². The summed E-state index contributed by atoms with van der Waals surface area (Å²) >= 11 is 3.19. The highest BCUT2D eigenvalue weighted by molar-refractivity contribution is 9.10. The van der Waals surface area contributed by atoms with E-state index in [0.717, 1.165) is 5.06 Å². The second-order valence-electron chi connectivity index (χ2n) is 6.34. The number of aliphatic hydroxyl groups excluding tert-OH is 1. The summed E-state index contributed by atoms with van der Waals surface area (Å²) in [7, 11) is 1.50. The number of hydroxylamine groups is 2. The lowest BCUT2D eigenvalue weighted by Crippen LogP contribution is -2.41. The van der Waals surface area contributed by atoms with E-state index in [1.54, 1.807) is 13.0 Å². The van der Waals surface area contributed by atoms with Crippen molar-refractivity contribution in [3.8, 4) is 0 Å². The predicted octanol–water partition coefficient (Wildman–Crippen LogP) is 2.34. The van der Waals surface area contributed by atoms with Gasteiger partial charge < -0.3 is 10.4 Å². The van der Waals surface area contributed by atoms with Crippen molar-refractivity contribution in [1.82, 2.24) is 9.63 Å². The largest absolute Gasteiger partial charge is 0.391 e. The van der Waals surface area contributed by atoms with Crippen molar-refractivity contribution in [2.75, 3.05) is 18.5 Å². The zero-order valence-electron chi connectivity index (χ0n) is 14.8. The molecule has 2 aromatic rings. The Morgan fingerprint density at radius 3 is 2.78 bits per heavy atom. The molecule has 2 N–H and O–H groups in total. The SMILES string of the molecule is C[C@@H](O)CON1CCc2cc(=O)n(C)c(Nc3ccc(Br)cc3F)c2C1=O. The average molecular weight is 440 g/mol. The first-order valence-electron chi connectivity index (χ1n) is 8.35. The molecule has 1 aliphatic heterocycles. The number of fused-ring (bicyclic) bond motifs is 1. The number of benzene rings is 1. The van der Waals surface area contributed by atoms with E-state index in [-0.39, 0.29) is 35.8 Å². The Morgan fingerprint density at radius 1 is 1.37 bits per heavy atom. The van der Waals surface area contributed by atoms with Crippen LogP contribution in [0.15, 0.2) is 33.5 Å². The Labute approximate surface area is 163 Å². The molecule has 0 unspecified atom stereocenters. The minimum absolute atomic E-state index is 0.0308. The molecule has 7 nitrogen and oxygen atoms in total. The quantitative estimate of drug-likeness (QED) is 0.746. The highest BCUT2D eigenvalue weighted by Gasteiger charge is 2.30. The Bertz CT molecular complexity index is 945. The smallest absolute Gasteiger partial charge is 0.281 e. The summed E-state index contributed by atoms with van der Waals surface area (Å²) in [6.45, 7) is 1.78. The Hall–Kier alpha value is -2.23. The van der Waals surface area contributed by atoms with Gasteiger partial charge in [-0.05, 0) is 37.1 Å². The number of nitrogens with one attached hydrogen (secondary N) is 1. The average Bonchev–Trinajstić information content (AvgIpc) is 2.60. The van der Waals surface area contributed by atoms with E-state index in [1.165, 1.54) is 29.8 Å². The van der Waals surface area contributed by atoms with Crippen LogP contribution in [0.4, 0.5) is 15.9 Å². The fraction of sp³-hybridized carbons (Fsp3) is 0.333. The zero-order chi connectivity index (χ0) is 19.7. The molecule has 2 heterocycles. The molecule has 0 bridgehead atoms. The van der Waals surface area contributed by atoms with E-state index < -0.39 is 17.8 Å². The van der Waals surface area contributed by atoms with Gasteiger partial charge in [0.25, 0.3) is 11.5 Å². The molecule has 0 spiro atoms. The fourth-order valence-electron chi connectivity index (χ4n) is 2.82. The minimum atomic E-state index is -0.728. The summed E-state index contributed by atoms with van der Waals surface area (Å²) in [5.74, 6) is -0.790. The van der Waals surface area contributed by atoms with Crippen LogP contribution in [0.1, 0.15) is 22.8 Å². The van der Waals surface area contributed by atoms with Gasteiger partial charge in [-0.1, -0.05) is 15.9 Å². The number of halogens is 2. The maximum absolute atomic E-state index is 14.3. The van der Waals surface area contributed by atoms with Gasteiger partial charge in [-0.2, -0.15) is 0 Å². The van der Waals surface area contributed by atoms with Crippen molar-refractivity contribution < 1.29 is 19.1 Å². The van der Waals surface area contributed by atoms with Crippen molar-refractivity contribution in [3.05, 3.63) is 56.0 Å². The second kappa shape index (κ2) is 7.79. The van der Waals surface area contributed by atoms with Crippen molar-refractivity contribution >= 4 is 33.3 Å². The normalized spacial score (nSPS) is 14.9. The number of amides is 1. The van der Waals surface area contributed by atoms with Gasteiger partial charge >= 0.3 is 0 Å². The van der Waals surface area contributed by atoms with Gasteiger partial charge in [0.1, 0.15) is 18.2 Å². The molecule has 3 rings (SSSR count). The van der Waals surface area contributed by atoms with Gasteiger partial charge in [-0.3, -0.25) is 19.0 Å². The van der Waals surface area contributed by atoms with Crippen LogP contribution in [0, 0.1) is 5.82 Å². The van der Waals surface area contributed by atoms with E-state index in [4.69, 9.17) is 4.84 Å². The molecule has 1 amide bonds. The van der Waals surface area contributed by atoms with Gasteiger partial charge in [0.2, 0.25) is 0 Å². The number of aliphatic hydroxyl groups is 1. The standard InChI is InChI=1S/C18H19BrFN3O4/c1-10(24)9-27-23-6-5-11-7-15(25)22(2)17(16(11)18(23)26)21-14-4-3-12(19)8-13(14)20/h3-4,7-8,10,21,24H,5-6,9H2,1-2H3/t10-/m1/s1. The topological polar surface area (TPSA) is 83.8 Å². The first-order valence-corrected chi connectivity index (χ1v) is 9.15. The van der Waals surface area contributed by atoms with Crippen molar-refractivity contribution in [3.63, 3.8) is 0 Å². The Morgan fingerprint density at radius 2 is 2.11 bits per heavy atom. The molecule has 0 saturated heterocycles. The number of carbonyl (C=O) groups is 1. The summed E-state index contributed by atoms with van der Waals surface area (Å²) in [5, 5.41) is 13.4. The number of carbonyl (C=O) groups excluding carboxylic acids is 1. The molecule has 27 heavy (non-hydrogen) atoms. The molecule has 1 aromatic carbocycles. The summed E-state index contributed by atoms with van der Waals surface area (Å²) in [4.78, 5) is 30.5. The summed E-state index contributed by atoms with van der Waals surface area (Å²) in [5.41, 5.74) is 0.646. The molecule has 0 radical (unpaired) electrons. The molecule has 0 aliphatic carbocycles. The third kappa shape index (κ3) is 4.05. The summed E-state index contributed by atoms with van der Waals surface area (Å²) < 4.78 is 16.1. The predicted molar refractivity (Wildman–Crippen MR) is 101 cm³/mol. The first kappa shape index (κ1) is 19.5. The number of hydrogen-bond donors (Lipinski definition) is 2. The third-order valence-electron chi connectivity index (χ3n) is 4.20. The number of rotatable bonds is 5. The minimum Gasteiger partial charge on any atom is -0.391 e. The zero-order valence-corrected chi connectivity index (χ0v) is 16.4. The first-order chi connectivity index (χ1) is 12.8. The van der Waals surface area contributed by atoms with E-state index in [2.05, 4.69) is 21.2 Å².